The van der Waals surface area contributed by atoms with E-state index in [0.717, 1.165) is 57.2 Å². The van der Waals surface area contributed by atoms with Gasteiger partial charge in [0.05, 0.1) is 25.5 Å². The van der Waals surface area contributed by atoms with E-state index in [9.17, 15) is 28.7 Å². The Hall–Kier alpha value is -3.05. The second-order valence-electron chi connectivity index (χ2n) is 9.72. The number of rotatable bonds is 10. The van der Waals surface area contributed by atoms with Crippen LogP contribution in [0, 0.1) is 11.6 Å². The van der Waals surface area contributed by atoms with E-state index in [2.05, 4.69) is 25.7 Å². The molecule has 3 aromatic heterocycles. The number of nitrogens with zero attached hydrogens (tertiary/aromatic N) is 6. The smallest absolute Gasteiger partial charge is 0.543 e. The van der Waals surface area contributed by atoms with Gasteiger partial charge in [-0.15, -0.1) is 56.4 Å². The first-order chi connectivity index (χ1) is 22.5. The Morgan fingerprint density at radius 3 is 2.71 bits per heavy atom. The number of nitrogens with two attached hydrogens (primary N) is 1. The van der Waals surface area contributed by atoms with E-state index >= 15 is 4.39 Å². The Balaban J connectivity index is 0.00000451. The van der Waals surface area contributed by atoms with Crippen LogP contribution in [0.15, 0.2) is 59.3 Å². The third-order valence-corrected chi connectivity index (χ3v) is 12.4. The zero-order valence-electron chi connectivity index (χ0n) is 24.9. The number of oxime groups is 1. The van der Waals surface area contributed by atoms with Crippen LogP contribution in [-0.2, 0) is 26.3 Å². The van der Waals surface area contributed by atoms with Gasteiger partial charge < -0.3 is 30.4 Å². The number of anilines is 1. The number of halogens is 2. The van der Waals surface area contributed by atoms with Gasteiger partial charge in [0, 0.05) is 35.4 Å². The minimum atomic E-state index is -1.60. The van der Waals surface area contributed by atoms with Crippen molar-refractivity contribution >= 4 is 96.7 Å². The summed E-state index contributed by atoms with van der Waals surface area (Å²) in [5.74, 6) is -4.73. The molecule has 0 spiro atoms. The molecule has 22 heteroatoms. The molecule has 6 rings (SSSR count). The number of thiazole rings is 1. The summed E-state index contributed by atoms with van der Waals surface area (Å²) in [4.78, 5) is 60.7. The number of benzene rings is 1. The van der Waals surface area contributed by atoms with Gasteiger partial charge in [0.2, 0.25) is 0 Å². The fraction of sp³-hybridized carbons (Fsp3) is 0.231. The minimum absolute atomic E-state index is 0. The molecule has 1 saturated heterocycles. The molecule has 244 valence electrons. The summed E-state index contributed by atoms with van der Waals surface area (Å²) in [7, 11) is 2.85. The second kappa shape index (κ2) is 14.8. The molecule has 1 fully saturated rings. The largest absolute Gasteiger partial charge is 1.00 e. The number of hydrogen-bond acceptors (Lipinski definition) is 16. The monoisotopic (exact) mass is 760 g/mol. The molecule has 1 aromatic carbocycles. The summed E-state index contributed by atoms with van der Waals surface area (Å²) in [6.07, 6.45) is 1.38. The average Bonchev–Trinajstić information content (AvgIpc) is 3.66. The zero-order chi connectivity index (χ0) is 33.6. The van der Waals surface area contributed by atoms with Crippen LogP contribution in [0.3, 0.4) is 0 Å². The van der Waals surface area contributed by atoms with Gasteiger partial charge in [-0.2, -0.15) is 0 Å². The summed E-state index contributed by atoms with van der Waals surface area (Å²) < 4.78 is 32.2. The van der Waals surface area contributed by atoms with Gasteiger partial charge in [-0.1, -0.05) is 5.16 Å². The second-order valence-corrected chi connectivity index (χ2v) is 15.0. The molecule has 2 amide bonds. The van der Waals surface area contributed by atoms with Gasteiger partial charge in [0.1, 0.15) is 36.4 Å². The van der Waals surface area contributed by atoms with Crippen molar-refractivity contribution in [3.8, 4) is 0 Å². The van der Waals surface area contributed by atoms with Crippen molar-refractivity contribution in [3.63, 3.8) is 0 Å². The third-order valence-electron chi connectivity index (χ3n) is 6.79. The van der Waals surface area contributed by atoms with Crippen molar-refractivity contribution in [1.29, 1.82) is 0 Å². The summed E-state index contributed by atoms with van der Waals surface area (Å²) in [6.45, 7) is 0. The van der Waals surface area contributed by atoms with Crippen LogP contribution < -0.4 is 51.1 Å². The summed E-state index contributed by atoms with van der Waals surface area (Å²) in [5.41, 5.74) is 4.94. The van der Waals surface area contributed by atoms with Crippen LogP contribution in [0.1, 0.15) is 5.69 Å². The molecule has 4 aromatic rings. The van der Waals surface area contributed by atoms with Gasteiger partial charge in [0.15, 0.2) is 27.2 Å². The Kier molecular flexibility index (Phi) is 11.2. The summed E-state index contributed by atoms with van der Waals surface area (Å²) in [5, 5.41) is 27.1. The average molecular weight is 761 g/mol. The number of β-lactam (4-membered cyclic amide) rings is 1. The van der Waals surface area contributed by atoms with E-state index in [0.29, 0.717) is 9.78 Å². The number of carbonyl (C=O) groups is 3. The van der Waals surface area contributed by atoms with Crippen molar-refractivity contribution < 1.29 is 62.7 Å². The molecule has 5 heterocycles. The third kappa shape index (κ3) is 6.86. The Bertz CT molecular complexity index is 2090. The number of nitrogens with one attached hydrogen (secondary N) is 1. The van der Waals surface area contributed by atoms with Gasteiger partial charge in [0.25, 0.3) is 11.8 Å². The van der Waals surface area contributed by atoms with Crippen molar-refractivity contribution in [2.75, 3.05) is 24.3 Å². The fourth-order valence-corrected chi connectivity index (χ4v) is 9.78. The standard InChI is InChI=1S/C26H20F2N8O6S5.Na/c1-35-8-30-33-26(35)47-20-11(27)3-10-13(37)4-14(46-19(10)15(20)28)43-5-9-6-44-23-17(22(39)36(23)18(9)24(40)41)32-21(38)16(34-42-2)12-7-45-25(29)31-12;/h3-4,7-8,17,23H,5-6H2,1-2H3,(H2,29,31)(H,32,38)(H,40,41);/q;+1/p-1/b34-16-;/t17-,23+;/m1./s1. The summed E-state index contributed by atoms with van der Waals surface area (Å²) in [6, 6.07) is 1.12. The molecule has 3 N–H and O–H groups in total. The van der Waals surface area contributed by atoms with E-state index in [-0.39, 0.29) is 83.4 Å². The molecule has 2 aliphatic heterocycles. The topological polar surface area (TPSA) is 198 Å². The van der Waals surface area contributed by atoms with Crippen LogP contribution in [0.5, 0.6) is 0 Å². The molecule has 0 saturated carbocycles. The first-order valence-corrected chi connectivity index (χ1v) is 17.6. The Morgan fingerprint density at radius 2 is 2.06 bits per heavy atom. The molecular weight excluding hydrogens is 742 g/mol. The number of aromatic nitrogens is 4. The van der Waals surface area contributed by atoms with Crippen molar-refractivity contribution in [1.82, 2.24) is 30.0 Å². The number of carboxylic acids is 1. The number of hydrogen-bond donors (Lipinski definition) is 2. The predicted molar refractivity (Wildman–Crippen MR) is 171 cm³/mol. The van der Waals surface area contributed by atoms with Gasteiger partial charge >= 0.3 is 29.6 Å². The number of fused-ring (bicyclic) bond motifs is 2. The van der Waals surface area contributed by atoms with Crippen LogP contribution in [0.4, 0.5) is 13.9 Å². The molecule has 48 heavy (non-hydrogen) atoms. The Labute approximate surface area is 311 Å². The molecule has 14 nitrogen and oxygen atoms in total. The molecule has 0 unspecified atom stereocenters. The van der Waals surface area contributed by atoms with Crippen LogP contribution in [0.2, 0.25) is 0 Å². The van der Waals surface area contributed by atoms with E-state index in [1.807, 2.05) is 0 Å². The van der Waals surface area contributed by atoms with Gasteiger partial charge in [-0.25, -0.2) is 13.8 Å². The minimum Gasteiger partial charge on any atom is -0.543 e. The number of carbonyl (C=O) groups excluding carboxylic acids is 3. The number of carboxylic acid groups (broad SMARTS) is 1. The molecule has 0 bridgehead atoms. The molecular formula is C26H19F2N8NaO6S5. The van der Waals surface area contributed by atoms with E-state index < -0.39 is 46.3 Å². The Morgan fingerprint density at radius 1 is 1.29 bits per heavy atom. The maximum absolute atomic E-state index is 15.6. The fourth-order valence-electron chi connectivity index (χ4n) is 4.65. The number of amides is 2. The first kappa shape index (κ1) is 36.2. The van der Waals surface area contributed by atoms with Gasteiger partial charge in [-0.3, -0.25) is 19.3 Å². The SMILES string of the molecule is CO/N=C(\C(=O)N[C@@H]1C(=O)N2C(C(=O)[O-])=C(CSc3cc(=O)c4cc(F)c(Sc5nncn5C)c(F)c4s3)CS[C@@H]12)c1csc(N)n1.[Na+]. The van der Waals surface area contributed by atoms with E-state index in [4.69, 9.17) is 10.6 Å². The number of aryl methyl sites for hydroxylation is 1. The van der Waals surface area contributed by atoms with Crippen molar-refractivity contribution in [2.24, 2.45) is 12.2 Å². The van der Waals surface area contributed by atoms with Crippen LogP contribution in [-0.4, -0.2) is 78.2 Å². The molecule has 2 aliphatic rings. The van der Waals surface area contributed by atoms with Crippen LogP contribution in [0.25, 0.3) is 10.1 Å². The van der Waals surface area contributed by atoms with Crippen molar-refractivity contribution in [3.05, 3.63) is 62.7 Å². The van der Waals surface area contributed by atoms with Crippen LogP contribution >= 0.6 is 58.0 Å². The quantitative estimate of drug-likeness (QED) is 0.0618. The predicted octanol–water partition coefficient (Wildman–Crippen LogP) is -1.59. The zero-order valence-corrected chi connectivity index (χ0v) is 31.0. The maximum atomic E-state index is 15.6. The summed E-state index contributed by atoms with van der Waals surface area (Å²) >= 11 is 4.99. The number of nitrogen functional groups attached to an aromatic ring is 1. The molecule has 0 radical (unpaired) electrons. The number of aliphatic carboxylic acids is 1. The van der Waals surface area contributed by atoms with E-state index in [1.165, 1.54) is 41.2 Å². The normalized spacial score (nSPS) is 17.5. The number of thioether (sulfide) groups is 2. The molecule has 2 atom stereocenters. The van der Waals surface area contributed by atoms with E-state index in [1.54, 1.807) is 7.05 Å². The maximum Gasteiger partial charge on any atom is 1.00 e. The first-order valence-electron chi connectivity index (χ1n) is 13.1. The van der Waals surface area contributed by atoms with Gasteiger partial charge in [-0.05, 0) is 23.4 Å². The molecule has 0 aliphatic carbocycles. The van der Waals surface area contributed by atoms with Crippen molar-refractivity contribution in [2.45, 2.75) is 25.7 Å².